The van der Waals surface area contributed by atoms with E-state index in [0.29, 0.717) is 24.7 Å². The van der Waals surface area contributed by atoms with Crippen LogP contribution in [0.5, 0.6) is 0 Å². The Morgan fingerprint density at radius 1 is 1.44 bits per heavy atom. The molecule has 1 aliphatic rings. The average Bonchev–Trinajstić information content (AvgIpc) is 2.63. The predicted molar refractivity (Wildman–Crippen MR) is 71.6 cm³/mol. The first-order valence-corrected chi connectivity index (χ1v) is 6.34. The number of likely N-dealkylation sites (tertiary alicyclic amines) is 1. The molecule has 1 aliphatic heterocycles. The molecule has 2 heterocycles. The van der Waals surface area contributed by atoms with Gasteiger partial charge in [0.1, 0.15) is 5.82 Å². The van der Waals surface area contributed by atoms with E-state index in [1.165, 1.54) is 0 Å². The van der Waals surface area contributed by atoms with E-state index in [1.807, 2.05) is 11.0 Å². The van der Waals surface area contributed by atoms with Crippen molar-refractivity contribution in [3.8, 4) is 0 Å². The molecule has 0 spiro atoms. The van der Waals surface area contributed by atoms with Gasteiger partial charge in [-0.3, -0.25) is 4.79 Å². The van der Waals surface area contributed by atoms with Crippen LogP contribution in [0.2, 0.25) is 0 Å². The first-order valence-electron chi connectivity index (χ1n) is 6.34. The second kappa shape index (κ2) is 4.59. The van der Waals surface area contributed by atoms with Gasteiger partial charge in [0, 0.05) is 25.7 Å². The number of nitrogens with zero attached hydrogens (tertiary/aromatic N) is 2. The lowest BCUT2D eigenvalue weighted by molar-refractivity contribution is -0.128. The van der Waals surface area contributed by atoms with E-state index in [0.717, 1.165) is 12.1 Å². The van der Waals surface area contributed by atoms with Crippen LogP contribution >= 0.6 is 0 Å². The van der Waals surface area contributed by atoms with Gasteiger partial charge in [0.15, 0.2) is 0 Å². The standard InChI is InChI=1S/C14H21N3O/c1-14(2,3)11-6-13(18)17(9-11)8-10-4-5-12(15)16-7-10/h4-5,7,11H,6,8-9H2,1-3H3,(H2,15,16). The van der Waals surface area contributed by atoms with Gasteiger partial charge in [0.05, 0.1) is 0 Å². The number of nitrogen functional groups attached to an aromatic ring is 1. The summed E-state index contributed by atoms with van der Waals surface area (Å²) in [5.74, 6) is 1.19. The maximum atomic E-state index is 12.0. The number of hydrogen-bond donors (Lipinski definition) is 1. The van der Waals surface area contributed by atoms with Crippen LogP contribution in [0.3, 0.4) is 0 Å². The van der Waals surface area contributed by atoms with Gasteiger partial charge in [-0.05, 0) is 23.0 Å². The summed E-state index contributed by atoms with van der Waals surface area (Å²) < 4.78 is 0. The van der Waals surface area contributed by atoms with Crippen molar-refractivity contribution in [2.75, 3.05) is 12.3 Å². The zero-order valence-corrected chi connectivity index (χ0v) is 11.3. The summed E-state index contributed by atoms with van der Waals surface area (Å²) in [5, 5.41) is 0. The normalized spacial score (nSPS) is 20.5. The third-order valence-corrected chi connectivity index (χ3v) is 3.66. The highest BCUT2D eigenvalue weighted by Crippen LogP contribution is 2.34. The highest BCUT2D eigenvalue weighted by Gasteiger charge is 2.36. The van der Waals surface area contributed by atoms with Gasteiger partial charge < -0.3 is 10.6 Å². The second-order valence-electron chi connectivity index (χ2n) is 6.13. The summed E-state index contributed by atoms with van der Waals surface area (Å²) in [4.78, 5) is 18.0. The van der Waals surface area contributed by atoms with Gasteiger partial charge in [-0.25, -0.2) is 4.98 Å². The molecule has 0 radical (unpaired) electrons. The van der Waals surface area contributed by atoms with Crippen LogP contribution in [0.1, 0.15) is 32.8 Å². The van der Waals surface area contributed by atoms with Crippen molar-refractivity contribution in [2.24, 2.45) is 11.3 Å². The van der Waals surface area contributed by atoms with Gasteiger partial charge in [-0.15, -0.1) is 0 Å². The minimum atomic E-state index is 0.184. The molecule has 18 heavy (non-hydrogen) atoms. The van der Waals surface area contributed by atoms with Crippen molar-refractivity contribution in [2.45, 2.75) is 33.7 Å². The van der Waals surface area contributed by atoms with Crippen LogP contribution in [0, 0.1) is 11.3 Å². The molecule has 1 atom stereocenters. The Labute approximate surface area is 108 Å². The van der Waals surface area contributed by atoms with Gasteiger partial charge >= 0.3 is 0 Å². The van der Waals surface area contributed by atoms with Crippen molar-refractivity contribution in [1.29, 1.82) is 0 Å². The number of carbonyl (C=O) groups excluding carboxylic acids is 1. The van der Waals surface area contributed by atoms with Crippen molar-refractivity contribution in [3.63, 3.8) is 0 Å². The summed E-state index contributed by atoms with van der Waals surface area (Å²) in [6, 6.07) is 3.71. The minimum absolute atomic E-state index is 0.184. The molecule has 98 valence electrons. The SMILES string of the molecule is CC(C)(C)C1CC(=O)N(Cc2ccc(N)nc2)C1. The van der Waals surface area contributed by atoms with E-state index in [9.17, 15) is 4.79 Å². The maximum Gasteiger partial charge on any atom is 0.223 e. The third kappa shape index (κ3) is 2.81. The lowest BCUT2D eigenvalue weighted by atomic mass is 9.80. The van der Waals surface area contributed by atoms with E-state index in [2.05, 4.69) is 25.8 Å². The van der Waals surface area contributed by atoms with Crippen LogP contribution < -0.4 is 5.73 Å². The molecule has 0 bridgehead atoms. The van der Waals surface area contributed by atoms with E-state index in [-0.39, 0.29) is 11.3 Å². The number of amides is 1. The zero-order valence-electron chi connectivity index (χ0n) is 11.3. The molecule has 4 nitrogen and oxygen atoms in total. The van der Waals surface area contributed by atoms with Gasteiger partial charge in [0.2, 0.25) is 5.91 Å². The third-order valence-electron chi connectivity index (χ3n) is 3.66. The molecule has 1 saturated heterocycles. The number of anilines is 1. The quantitative estimate of drug-likeness (QED) is 0.870. The fourth-order valence-electron chi connectivity index (χ4n) is 2.25. The molecule has 0 aliphatic carbocycles. The average molecular weight is 247 g/mol. The molecule has 1 unspecified atom stereocenters. The Kier molecular flexibility index (Phi) is 3.28. The van der Waals surface area contributed by atoms with Gasteiger partial charge in [-0.2, -0.15) is 0 Å². The molecule has 1 aromatic rings. The minimum Gasteiger partial charge on any atom is -0.384 e. The Morgan fingerprint density at radius 2 is 2.17 bits per heavy atom. The fraction of sp³-hybridized carbons (Fsp3) is 0.571. The number of rotatable bonds is 2. The summed E-state index contributed by atoms with van der Waals surface area (Å²) in [5.41, 5.74) is 6.77. The molecule has 1 aromatic heterocycles. The lowest BCUT2D eigenvalue weighted by Crippen LogP contribution is -2.27. The lowest BCUT2D eigenvalue weighted by Gasteiger charge is -2.26. The molecule has 0 saturated carbocycles. The Bertz CT molecular complexity index is 433. The van der Waals surface area contributed by atoms with Crippen molar-refractivity contribution in [3.05, 3.63) is 23.9 Å². The van der Waals surface area contributed by atoms with E-state index >= 15 is 0 Å². The number of carbonyl (C=O) groups is 1. The number of pyridine rings is 1. The van der Waals surface area contributed by atoms with Crippen molar-refractivity contribution >= 4 is 11.7 Å². The van der Waals surface area contributed by atoms with E-state index < -0.39 is 0 Å². The van der Waals surface area contributed by atoms with E-state index in [4.69, 9.17) is 5.73 Å². The molecule has 2 N–H and O–H groups in total. The maximum absolute atomic E-state index is 12.0. The van der Waals surface area contributed by atoms with E-state index in [1.54, 1.807) is 12.3 Å². The summed E-state index contributed by atoms with van der Waals surface area (Å²) in [6.45, 7) is 8.06. The van der Waals surface area contributed by atoms with Crippen LogP contribution in [0.15, 0.2) is 18.3 Å². The molecule has 0 aromatic carbocycles. The van der Waals surface area contributed by atoms with Crippen LogP contribution in [-0.4, -0.2) is 22.3 Å². The summed E-state index contributed by atoms with van der Waals surface area (Å²) in [7, 11) is 0. The smallest absolute Gasteiger partial charge is 0.223 e. The number of hydrogen-bond acceptors (Lipinski definition) is 3. The molecular formula is C14H21N3O. The van der Waals surface area contributed by atoms with Gasteiger partial charge in [-0.1, -0.05) is 26.8 Å². The Hall–Kier alpha value is -1.58. The van der Waals surface area contributed by atoms with Crippen LogP contribution in [0.4, 0.5) is 5.82 Å². The molecular weight excluding hydrogens is 226 g/mol. The molecule has 2 rings (SSSR count). The monoisotopic (exact) mass is 247 g/mol. The van der Waals surface area contributed by atoms with Crippen molar-refractivity contribution in [1.82, 2.24) is 9.88 Å². The molecule has 1 amide bonds. The highest BCUT2D eigenvalue weighted by molar-refractivity contribution is 5.78. The zero-order chi connectivity index (χ0) is 13.3. The highest BCUT2D eigenvalue weighted by atomic mass is 16.2. The molecule has 1 fully saturated rings. The Balaban J connectivity index is 2.03. The predicted octanol–water partition coefficient (Wildman–Crippen LogP) is 2.06. The topological polar surface area (TPSA) is 59.2 Å². The summed E-state index contributed by atoms with van der Waals surface area (Å²) >= 11 is 0. The number of nitrogens with two attached hydrogens (primary N) is 1. The summed E-state index contributed by atoms with van der Waals surface area (Å²) in [6.07, 6.45) is 2.40. The van der Waals surface area contributed by atoms with Crippen molar-refractivity contribution < 1.29 is 4.79 Å². The number of aromatic nitrogens is 1. The first-order chi connectivity index (χ1) is 8.36. The van der Waals surface area contributed by atoms with Crippen LogP contribution in [-0.2, 0) is 11.3 Å². The van der Waals surface area contributed by atoms with Gasteiger partial charge in [0.25, 0.3) is 0 Å². The van der Waals surface area contributed by atoms with Crippen LogP contribution in [0.25, 0.3) is 0 Å². The Morgan fingerprint density at radius 3 is 2.67 bits per heavy atom. The fourth-order valence-corrected chi connectivity index (χ4v) is 2.25. The first kappa shape index (κ1) is 12.9. The second-order valence-corrected chi connectivity index (χ2v) is 6.13. The molecule has 4 heteroatoms. The largest absolute Gasteiger partial charge is 0.384 e.